The van der Waals surface area contributed by atoms with Crippen molar-refractivity contribution >= 4 is 0 Å². The number of aromatic nitrogens is 1. The van der Waals surface area contributed by atoms with Crippen LogP contribution in [0.4, 0.5) is 0 Å². The number of unbranched alkanes of at least 4 members (excludes halogenated alkanes) is 5. The lowest BCUT2D eigenvalue weighted by atomic mass is 9.77. The smallest absolute Gasteiger partial charge is 0.0702 e. The number of benzene rings is 1. The van der Waals surface area contributed by atoms with Gasteiger partial charge in [0.25, 0.3) is 0 Å². The highest BCUT2D eigenvalue weighted by Gasteiger charge is 2.20. The van der Waals surface area contributed by atoms with Crippen molar-refractivity contribution in [2.75, 3.05) is 0 Å². The molecule has 1 aromatic heterocycles. The van der Waals surface area contributed by atoms with Gasteiger partial charge in [-0.05, 0) is 48.3 Å². The second-order valence-corrected chi connectivity index (χ2v) is 9.58. The lowest BCUT2D eigenvalue weighted by molar-refractivity contribution is 0.248. The maximum Gasteiger partial charge on any atom is 0.0702 e. The Morgan fingerprint density at radius 3 is 1.97 bits per heavy atom. The summed E-state index contributed by atoms with van der Waals surface area (Å²) in [6.07, 6.45) is 21.7. The Morgan fingerprint density at radius 2 is 1.33 bits per heavy atom. The van der Waals surface area contributed by atoms with E-state index in [1.54, 1.807) is 0 Å². The molecule has 0 N–H and O–H groups in total. The number of hydrogen-bond acceptors (Lipinski definition) is 1. The third-order valence-electron chi connectivity index (χ3n) is 7.26. The fourth-order valence-electron chi connectivity index (χ4n) is 5.04. The van der Waals surface area contributed by atoms with Crippen molar-refractivity contribution in [3.63, 3.8) is 0 Å². The summed E-state index contributed by atoms with van der Waals surface area (Å²) in [5, 5.41) is 0. The molecule has 1 aromatic carbocycles. The Kier molecular flexibility index (Phi) is 9.93. The van der Waals surface area contributed by atoms with Gasteiger partial charge in [-0.15, -0.1) is 0 Å². The highest BCUT2D eigenvalue weighted by molar-refractivity contribution is 5.59. The molecule has 0 amide bonds. The lowest BCUT2D eigenvalue weighted by Crippen LogP contribution is -2.15. The van der Waals surface area contributed by atoms with Gasteiger partial charge < -0.3 is 0 Å². The molecule has 0 radical (unpaired) electrons. The average Bonchev–Trinajstić information content (AvgIpc) is 2.81. The zero-order valence-corrected chi connectivity index (χ0v) is 19.5. The van der Waals surface area contributed by atoms with E-state index in [1.807, 2.05) is 6.20 Å². The molecule has 1 heteroatoms. The van der Waals surface area contributed by atoms with E-state index >= 15 is 0 Å². The first-order chi connectivity index (χ1) is 14.8. The molecule has 0 spiro atoms. The van der Waals surface area contributed by atoms with Gasteiger partial charge in [-0.1, -0.05) is 115 Å². The third-order valence-corrected chi connectivity index (χ3v) is 7.26. The van der Waals surface area contributed by atoms with Crippen molar-refractivity contribution in [1.29, 1.82) is 0 Å². The number of pyridine rings is 1. The summed E-state index contributed by atoms with van der Waals surface area (Å²) in [5.74, 6) is 1.98. The van der Waals surface area contributed by atoms with Crippen LogP contribution in [0.1, 0.15) is 102 Å². The van der Waals surface area contributed by atoms with Crippen LogP contribution in [0.25, 0.3) is 11.3 Å². The van der Waals surface area contributed by atoms with Crippen LogP contribution < -0.4 is 0 Å². The molecule has 1 nitrogen and oxygen atoms in total. The monoisotopic (exact) mass is 405 g/mol. The molecule has 1 saturated carbocycles. The highest BCUT2D eigenvalue weighted by Crippen LogP contribution is 2.34. The first-order valence-electron chi connectivity index (χ1n) is 12.8. The van der Waals surface area contributed by atoms with Crippen LogP contribution in [0.5, 0.6) is 0 Å². The quantitative estimate of drug-likeness (QED) is 0.321. The van der Waals surface area contributed by atoms with Crippen LogP contribution >= 0.6 is 0 Å². The van der Waals surface area contributed by atoms with E-state index < -0.39 is 0 Å². The van der Waals surface area contributed by atoms with Crippen LogP contribution in [0.2, 0.25) is 0 Å². The first kappa shape index (κ1) is 23.0. The molecular weight excluding hydrogens is 362 g/mol. The molecule has 30 heavy (non-hydrogen) atoms. The Morgan fingerprint density at radius 1 is 0.700 bits per heavy atom. The Bertz CT molecular complexity index is 692. The van der Waals surface area contributed by atoms with Crippen LogP contribution in [-0.4, -0.2) is 4.98 Å². The minimum atomic E-state index is 0.953. The summed E-state index contributed by atoms with van der Waals surface area (Å²) < 4.78 is 0. The summed E-state index contributed by atoms with van der Waals surface area (Å²) >= 11 is 0. The van der Waals surface area contributed by atoms with Gasteiger partial charge in [0.15, 0.2) is 0 Å². The zero-order chi connectivity index (χ0) is 21.0. The van der Waals surface area contributed by atoms with Crippen molar-refractivity contribution in [2.24, 2.45) is 11.8 Å². The molecule has 0 bridgehead atoms. The van der Waals surface area contributed by atoms with Crippen LogP contribution in [0.15, 0.2) is 42.6 Å². The summed E-state index contributed by atoms with van der Waals surface area (Å²) in [4.78, 5) is 4.62. The number of rotatable bonds is 12. The van der Waals surface area contributed by atoms with Crippen LogP contribution in [0, 0.1) is 11.8 Å². The summed E-state index contributed by atoms with van der Waals surface area (Å²) in [7, 11) is 0. The highest BCUT2D eigenvalue weighted by atomic mass is 14.7. The van der Waals surface area contributed by atoms with Crippen molar-refractivity contribution in [1.82, 2.24) is 4.98 Å². The van der Waals surface area contributed by atoms with Crippen molar-refractivity contribution in [2.45, 2.75) is 104 Å². The third kappa shape index (κ3) is 7.56. The van der Waals surface area contributed by atoms with Crippen molar-refractivity contribution in [3.05, 3.63) is 53.7 Å². The predicted octanol–water partition coefficient (Wildman–Crippen LogP) is 8.80. The van der Waals surface area contributed by atoms with E-state index in [0.717, 1.165) is 24.0 Å². The fourth-order valence-corrected chi connectivity index (χ4v) is 5.04. The van der Waals surface area contributed by atoms with E-state index in [1.165, 1.54) is 100 Å². The maximum absolute atomic E-state index is 4.62. The molecule has 2 aromatic rings. The van der Waals surface area contributed by atoms with Crippen LogP contribution in [-0.2, 0) is 12.8 Å². The molecular formula is C29H43N. The topological polar surface area (TPSA) is 12.9 Å². The van der Waals surface area contributed by atoms with Gasteiger partial charge in [-0.25, -0.2) is 0 Å². The van der Waals surface area contributed by atoms with Gasteiger partial charge in [-0.2, -0.15) is 0 Å². The van der Waals surface area contributed by atoms with Crippen LogP contribution in [0.3, 0.4) is 0 Å². The normalized spacial score (nSPS) is 19.1. The Hall–Kier alpha value is -1.63. The molecule has 3 rings (SSSR count). The maximum atomic E-state index is 4.62. The van der Waals surface area contributed by atoms with Crippen molar-refractivity contribution < 1.29 is 0 Å². The first-order valence-corrected chi connectivity index (χ1v) is 12.8. The van der Waals surface area contributed by atoms with Gasteiger partial charge >= 0.3 is 0 Å². The molecule has 1 aliphatic rings. The van der Waals surface area contributed by atoms with E-state index in [-0.39, 0.29) is 0 Å². The summed E-state index contributed by atoms with van der Waals surface area (Å²) in [6, 6.07) is 13.5. The predicted molar refractivity (Wildman–Crippen MR) is 131 cm³/mol. The van der Waals surface area contributed by atoms with E-state index in [4.69, 9.17) is 0 Å². The van der Waals surface area contributed by atoms with Crippen molar-refractivity contribution in [3.8, 4) is 11.3 Å². The zero-order valence-electron chi connectivity index (χ0n) is 19.5. The molecule has 1 heterocycles. The van der Waals surface area contributed by atoms with Gasteiger partial charge in [0.2, 0.25) is 0 Å². The van der Waals surface area contributed by atoms with Gasteiger partial charge in [0.1, 0.15) is 0 Å². The molecule has 1 aliphatic carbocycles. The molecule has 1 fully saturated rings. The summed E-state index contributed by atoms with van der Waals surface area (Å²) in [6.45, 7) is 4.48. The van der Waals surface area contributed by atoms with Gasteiger partial charge in [0, 0.05) is 11.8 Å². The number of hydrogen-bond donors (Lipinski definition) is 0. The lowest BCUT2D eigenvalue weighted by Gasteiger charge is -2.28. The molecule has 0 unspecified atom stereocenters. The van der Waals surface area contributed by atoms with E-state index in [2.05, 4.69) is 55.2 Å². The Balaban J connectivity index is 1.33. The summed E-state index contributed by atoms with van der Waals surface area (Å²) in [5.41, 5.74) is 5.11. The minimum Gasteiger partial charge on any atom is -0.256 e. The number of aryl methyl sites for hydroxylation is 2. The molecule has 0 aliphatic heterocycles. The second kappa shape index (κ2) is 12.9. The average molecular weight is 406 g/mol. The number of nitrogens with zero attached hydrogens (tertiary/aromatic N) is 1. The molecule has 164 valence electrons. The van der Waals surface area contributed by atoms with Gasteiger partial charge in [-0.3, -0.25) is 4.98 Å². The Labute approximate surface area is 185 Å². The standard InChI is InChI=1S/C29H43N/c1-3-5-6-7-8-9-10-25-11-13-26(14-12-25)15-16-27-17-20-28(21-18-27)29-22-19-24(4-2)23-30-29/h17-23,25-26H,3-16H2,1-2H3/t25-,26-. The SMILES string of the molecule is CCCCCCCC[C@H]1CC[C@H](CCc2ccc(-c3ccc(CC)cn3)cc2)CC1. The molecule has 0 atom stereocenters. The van der Waals surface area contributed by atoms with E-state index in [0.29, 0.717) is 0 Å². The van der Waals surface area contributed by atoms with Gasteiger partial charge in [0.05, 0.1) is 5.69 Å². The fraction of sp³-hybridized carbons (Fsp3) is 0.621. The molecule has 0 saturated heterocycles. The minimum absolute atomic E-state index is 0.953. The van der Waals surface area contributed by atoms with E-state index in [9.17, 15) is 0 Å². The second-order valence-electron chi connectivity index (χ2n) is 9.58. The largest absolute Gasteiger partial charge is 0.256 e.